The van der Waals surface area contributed by atoms with Crippen LogP contribution in [-0.4, -0.2) is 42.3 Å². The number of hydrogen-bond acceptors (Lipinski definition) is 4. The predicted octanol–water partition coefficient (Wildman–Crippen LogP) is 4.51. The second-order valence-electron chi connectivity index (χ2n) is 7.78. The minimum Gasteiger partial charge on any atom is -0.314 e. The fraction of sp³-hybridized carbons (Fsp3) is 0.333. The van der Waals surface area contributed by atoms with Crippen molar-refractivity contribution in [2.75, 3.05) is 16.4 Å². The molecule has 2 aromatic rings. The highest BCUT2D eigenvalue weighted by Gasteiger charge is 2.50. The molecule has 11 heteroatoms. The number of thioether (sulfide) groups is 1. The van der Waals surface area contributed by atoms with Crippen molar-refractivity contribution in [2.45, 2.75) is 30.8 Å². The van der Waals surface area contributed by atoms with Crippen molar-refractivity contribution in [3.05, 3.63) is 64.2 Å². The SMILES string of the molecule is Cc1ccc(CC(=O)N=C2S[C@@H]3CS(=O)(=O)C[C@H]3N2c2cc(C(F)(F)F)ccc2Cl)cc1. The molecule has 0 radical (unpaired) electrons. The lowest BCUT2D eigenvalue weighted by molar-refractivity contribution is -0.137. The maximum absolute atomic E-state index is 13.3. The van der Waals surface area contributed by atoms with Crippen molar-refractivity contribution >= 4 is 50.0 Å². The normalized spacial score (nSPS) is 23.5. The van der Waals surface area contributed by atoms with E-state index in [1.54, 1.807) is 12.1 Å². The molecule has 1 amide bonds. The van der Waals surface area contributed by atoms with Crippen LogP contribution in [-0.2, 0) is 27.2 Å². The van der Waals surface area contributed by atoms with Crippen LogP contribution < -0.4 is 4.90 Å². The molecule has 32 heavy (non-hydrogen) atoms. The Morgan fingerprint density at radius 3 is 2.53 bits per heavy atom. The molecule has 0 bridgehead atoms. The highest BCUT2D eigenvalue weighted by atomic mass is 35.5. The zero-order chi connectivity index (χ0) is 23.3. The Balaban J connectivity index is 1.71. The summed E-state index contributed by atoms with van der Waals surface area (Å²) in [5.74, 6) is -0.865. The second kappa shape index (κ2) is 8.39. The number of amides is 1. The number of rotatable bonds is 3. The summed E-state index contributed by atoms with van der Waals surface area (Å²) >= 11 is 7.31. The van der Waals surface area contributed by atoms with Gasteiger partial charge in [-0.3, -0.25) is 4.79 Å². The Kier molecular flexibility index (Phi) is 6.06. The molecule has 170 valence electrons. The summed E-state index contributed by atoms with van der Waals surface area (Å²) in [5.41, 5.74) is 0.856. The van der Waals surface area contributed by atoms with Crippen LogP contribution in [0.3, 0.4) is 0 Å². The molecule has 0 spiro atoms. The summed E-state index contributed by atoms with van der Waals surface area (Å²) in [5, 5.41) is -0.271. The molecule has 2 heterocycles. The number of carbonyl (C=O) groups excluding carboxylic acids is 1. The van der Waals surface area contributed by atoms with Gasteiger partial charge in [-0.2, -0.15) is 18.2 Å². The summed E-state index contributed by atoms with van der Waals surface area (Å²) < 4.78 is 64.3. The minimum atomic E-state index is -4.61. The van der Waals surface area contributed by atoms with Gasteiger partial charge in [0.25, 0.3) is 5.91 Å². The molecule has 0 aromatic heterocycles. The third-order valence-corrected chi connectivity index (χ3v) is 8.83. The van der Waals surface area contributed by atoms with Gasteiger partial charge in [0, 0.05) is 5.25 Å². The van der Waals surface area contributed by atoms with E-state index in [1.807, 2.05) is 19.1 Å². The van der Waals surface area contributed by atoms with E-state index in [9.17, 15) is 26.4 Å². The molecule has 0 saturated carbocycles. The third-order valence-electron chi connectivity index (χ3n) is 5.30. The van der Waals surface area contributed by atoms with E-state index in [2.05, 4.69) is 4.99 Å². The molecule has 2 atom stereocenters. The maximum atomic E-state index is 13.3. The molecular weight excluding hydrogens is 485 g/mol. The van der Waals surface area contributed by atoms with E-state index in [4.69, 9.17) is 11.6 Å². The third kappa shape index (κ3) is 4.82. The van der Waals surface area contributed by atoms with Crippen LogP contribution in [0.4, 0.5) is 18.9 Å². The minimum absolute atomic E-state index is 0.0134. The lowest BCUT2D eigenvalue weighted by Crippen LogP contribution is -2.38. The first-order valence-corrected chi connectivity index (χ1v) is 12.7. The van der Waals surface area contributed by atoms with Gasteiger partial charge in [0.1, 0.15) is 0 Å². The van der Waals surface area contributed by atoms with Crippen LogP contribution in [0.2, 0.25) is 5.02 Å². The van der Waals surface area contributed by atoms with E-state index >= 15 is 0 Å². The topological polar surface area (TPSA) is 66.8 Å². The Morgan fingerprint density at radius 1 is 1.19 bits per heavy atom. The van der Waals surface area contributed by atoms with E-state index in [-0.39, 0.29) is 33.8 Å². The summed E-state index contributed by atoms with van der Waals surface area (Å²) in [6.45, 7) is 1.92. The lowest BCUT2D eigenvalue weighted by atomic mass is 10.1. The lowest BCUT2D eigenvalue weighted by Gasteiger charge is -2.26. The van der Waals surface area contributed by atoms with Gasteiger partial charge in [0.2, 0.25) is 0 Å². The molecule has 0 N–H and O–H groups in total. The molecule has 5 nitrogen and oxygen atoms in total. The van der Waals surface area contributed by atoms with Gasteiger partial charge >= 0.3 is 6.18 Å². The average Bonchev–Trinajstić information content (AvgIpc) is 3.14. The average molecular weight is 503 g/mol. The molecule has 0 aliphatic carbocycles. The number of aliphatic imine (C=N–C) groups is 1. The highest BCUT2D eigenvalue weighted by Crippen LogP contribution is 2.44. The van der Waals surface area contributed by atoms with Crippen LogP contribution in [0.15, 0.2) is 47.5 Å². The van der Waals surface area contributed by atoms with Gasteiger partial charge in [0.15, 0.2) is 15.0 Å². The number of hydrogen-bond donors (Lipinski definition) is 0. The molecule has 2 aromatic carbocycles. The van der Waals surface area contributed by atoms with Crippen molar-refractivity contribution < 1.29 is 26.4 Å². The van der Waals surface area contributed by atoms with Crippen molar-refractivity contribution in [3.8, 4) is 0 Å². The number of amidine groups is 1. The molecule has 0 unspecified atom stereocenters. The second-order valence-corrected chi connectivity index (χ2v) is 11.6. The van der Waals surface area contributed by atoms with E-state index in [0.717, 1.165) is 41.1 Å². The summed E-state index contributed by atoms with van der Waals surface area (Å²) in [6.07, 6.45) is -4.59. The molecule has 2 aliphatic rings. The van der Waals surface area contributed by atoms with E-state index < -0.39 is 38.8 Å². The first-order valence-electron chi connectivity index (χ1n) is 9.63. The fourth-order valence-corrected chi connectivity index (χ4v) is 7.88. The fourth-order valence-electron chi connectivity index (χ4n) is 3.75. The van der Waals surface area contributed by atoms with Crippen molar-refractivity contribution in [1.29, 1.82) is 0 Å². The van der Waals surface area contributed by atoms with Gasteiger partial charge < -0.3 is 4.90 Å². The Hall–Kier alpha value is -2.04. The molecule has 2 fully saturated rings. The quantitative estimate of drug-likeness (QED) is 0.617. The standard InChI is InChI=1S/C21H18ClF3N2O3S2/c1-12-2-4-13(5-3-12)8-19(28)26-20-27(17-10-32(29,30)11-18(17)31-20)16-9-14(21(23,24)25)6-7-15(16)22/h2-7,9,17-18H,8,10-11H2,1H3/t17-,18-/m1/s1. The summed E-state index contributed by atoms with van der Waals surface area (Å²) in [7, 11) is -3.37. The number of anilines is 1. The summed E-state index contributed by atoms with van der Waals surface area (Å²) in [6, 6.07) is 9.53. The van der Waals surface area contributed by atoms with Gasteiger partial charge in [-0.25, -0.2) is 8.42 Å². The number of aryl methyl sites for hydroxylation is 1. The predicted molar refractivity (Wildman–Crippen MR) is 120 cm³/mol. The Morgan fingerprint density at radius 2 is 1.88 bits per heavy atom. The van der Waals surface area contributed by atoms with E-state index in [0.29, 0.717) is 0 Å². The molecule has 2 saturated heterocycles. The largest absolute Gasteiger partial charge is 0.416 e. The van der Waals surface area contributed by atoms with Crippen LogP contribution in [0.5, 0.6) is 0 Å². The summed E-state index contributed by atoms with van der Waals surface area (Å²) in [4.78, 5) is 18.2. The Labute approximate surface area is 192 Å². The van der Waals surface area contributed by atoms with Gasteiger partial charge in [-0.15, -0.1) is 0 Å². The number of alkyl halides is 3. The van der Waals surface area contributed by atoms with E-state index in [1.165, 1.54) is 4.90 Å². The van der Waals surface area contributed by atoms with Crippen LogP contribution >= 0.6 is 23.4 Å². The van der Waals surface area contributed by atoms with Gasteiger partial charge in [-0.1, -0.05) is 53.2 Å². The zero-order valence-electron chi connectivity index (χ0n) is 16.8. The molecular formula is C21H18ClF3N2O3S2. The van der Waals surface area contributed by atoms with Crippen LogP contribution in [0.1, 0.15) is 16.7 Å². The number of fused-ring (bicyclic) bond motifs is 1. The van der Waals surface area contributed by atoms with Crippen molar-refractivity contribution in [1.82, 2.24) is 0 Å². The number of sulfone groups is 1. The van der Waals surface area contributed by atoms with Crippen molar-refractivity contribution in [3.63, 3.8) is 0 Å². The monoisotopic (exact) mass is 502 g/mol. The van der Waals surface area contributed by atoms with Gasteiger partial charge in [0.05, 0.1) is 40.2 Å². The molecule has 4 rings (SSSR count). The van der Waals surface area contributed by atoms with Crippen LogP contribution in [0.25, 0.3) is 0 Å². The maximum Gasteiger partial charge on any atom is 0.416 e. The number of benzene rings is 2. The first-order chi connectivity index (χ1) is 14.9. The molecule has 2 aliphatic heterocycles. The van der Waals surface area contributed by atoms with Crippen LogP contribution in [0, 0.1) is 6.92 Å². The van der Waals surface area contributed by atoms with Gasteiger partial charge in [-0.05, 0) is 30.7 Å². The van der Waals surface area contributed by atoms with Crippen molar-refractivity contribution in [2.24, 2.45) is 4.99 Å². The Bertz CT molecular complexity index is 1200. The highest BCUT2D eigenvalue weighted by molar-refractivity contribution is 8.16. The first kappa shape index (κ1) is 23.1. The zero-order valence-corrected chi connectivity index (χ0v) is 19.2. The number of carbonyl (C=O) groups is 1. The number of nitrogens with zero attached hydrogens (tertiary/aromatic N) is 2. The smallest absolute Gasteiger partial charge is 0.314 e. The number of halogens is 4.